The quantitative estimate of drug-likeness (QED) is 0.463. The molecule has 0 amide bonds. The molecule has 0 spiro atoms. The lowest BCUT2D eigenvalue weighted by Crippen LogP contribution is -2.15. The maximum Gasteiger partial charge on any atom is 0.150 e. The fourth-order valence-corrected chi connectivity index (χ4v) is 5.54. The predicted octanol–water partition coefficient (Wildman–Crippen LogP) is 4.33. The van der Waals surface area contributed by atoms with Gasteiger partial charge in [-0.05, 0) is 18.8 Å². The lowest BCUT2D eigenvalue weighted by atomic mass is 9.99. The second-order valence-corrected chi connectivity index (χ2v) is 8.99. The largest absolute Gasteiger partial charge is 0.229 e. The van der Waals surface area contributed by atoms with Crippen LogP contribution in [0.15, 0.2) is 0 Å². The van der Waals surface area contributed by atoms with Gasteiger partial charge in [0.05, 0.1) is 11.5 Å². The molecule has 18 heavy (non-hydrogen) atoms. The van der Waals surface area contributed by atoms with Crippen molar-refractivity contribution >= 4 is 25.8 Å². The SMILES string of the molecule is CCCCCCCCCC(Br)C1CCS(=O)(=O)C1. The smallest absolute Gasteiger partial charge is 0.150 e. The van der Waals surface area contributed by atoms with E-state index in [0.717, 1.165) is 12.8 Å². The Morgan fingerprint density at radius 1 is 1.11 bits per heavy atom. The minimum Gasteiger partial charge on any atom is -0.229 e. The molecule has 0 aliphatic carbocycles. The molecule has 2 nitrogen and oxygen atoms in total. The maximum atomic E-state index is 11.4. The third kappa shape index (κ3) is 6.55. The highest BCUT2D eigenvalue weighted by atomic mass is 79.9. The molecule has 2 unspecified atom stereocenters. The number of alkyl halides is 1. The van der Waals surface area contributed by atoms with Crippen molar-refractivity contribution in [2.75, 3.05) is 11.5 Å². The first-order valence-electron chi connectivity index (χ1n) is 7.39. The number of rotatable bonds is 9. The average Bonchev–Trinajstić information content (AvgIpc) is 2.68. The molecule has 1 aliphatic rings. The summed E-state index contributed by atoms with van der Waals surface area (Å²) in [6.07, 6.45) is 11.3. The molecule has 0 aromatic rings. The topological polar surface area (TPSA) is 34.1 Å². The van der Waals surface area contributed by atoms with Crippen molar-refractivity contribution in [2.45, 2.75) is 69.5 Å². The minimum absolute atomic E-state index is 0.357. The van der Waals surface area contributed by atoms with Gasteiger partial charge in [0.1, 0.15) is 0 Å². The zero-order chi connectivity index (χ0) is 13.4. The van der Waals surface area contributed by atoms with Gasteiger partial charge in [0, 0.05) is 4.83 Å². The fourth-order valence-electron chi connectivity index (χ4n) is 2.64. The van der Waals surface area contributed by atoms with Crippen molar-refractivity contribution in [1.29, 1.82) is 0 Å². The van der Waals surface area contributed by atoms with Crippen LogP contribution >= 0.6 is 15.9 Å². The Morgan fingerprint density at radius 2 is 1.72 bits per heavy atom. The van der Waals surface area contributed by atoms with Gasteiger partial charge in [-0.25, -0.2) is 8.42 Å². The van der Waals surface area contributed by atoms with Gasteiger partial charge in [0.25, 0.3) is 0 Å². The predicted molar refractivity (Wildman–Crippen MR) is 82.1 cm³/mol. The molecule has 0 aromatic heterocycles. The maximum absolute atomic E-state index is 11.4. The van der Waals surface area contributed by atoms with Crippen molar-refractivity contribution in [3.63, 3.8) is 0 Å². The summed E-state index contributed by atoms with van der Waals surface area (Å²) in [6, 6.07) is 0. The van der Waals surface area contributed by atoms with Crippen LogP contribution in [-0.2, 0) is 9.84 Å². The van der Waals surface area contributed by atoms with Gasteiger partial charge in [-0.3, -0.25) is 0 Å². The molecule has 1 fully saturated rings. The van der Waals surface area contributed by atoms with Crippen LogP contribution in [0.25, 0.3) is 0 Å². The first-order valence-corrected chi connectivity index (χ1v) is 10.1. The van der Waals surface area contributed by atoms with Crippen molar-refractivity contribution < 1.29 is 8.42 Å². The van der Waals surface area contributed by atoms with Crippen molar-refractivity contribution in [1.82, 2.24) is 0 Å². The van der Waals surface area contributed by atoms with E-state index in [-0.39, 0.29) is 0 Å². The molecule has 2 atom stereocenters. The molecule has 1 saturated heterocycles. The molecule has 1 aliphatic heterocycles. The van der Waals surface area contributed by atoms with Crippen LogP contribution in [0.4, 0.5) is 0 Å². The van der Waals surface area contributed by atoms with Gasteiger partial charge in [0.15, 0.2) is 9.84 Å². The third-order valence-electron chi connectivity index (χ3n) is 3.86. The Morgan fingerprint density at radius 3 is 2.28 bits per heavy atom. The zero-order valence-electron chi connectivity index (χ0n) is 11.5. The van der Waals surface area contributed by atoms with E-state index in [2.05, 4.69) is 22.9 Å². The first kappa shape index (κ1) is 16.5. The average molecular weight is 339 g/mol. The normalized spacial score (nSPS) is 24.2. The van der Waals surface area contributed by atoms with Crippen LogP contribution in [0.2, 0.25) is 0 Å². The minimum atomic E-state index is -2.72. The Labute approximate surface area is 121 Å². The van der Waals surface area contributed by atoms with E-state index < -0.39 is 9.84 Å². The van der Waals surface area contributed by atoms with Crippen LogP contribution in [0.5, 0.6) is 0 Å². The third-order valence-corrected chi connectivity index (χ3v) is 6.86. The molecule has 0 radical (unpaired) electrons. The summed E-state index contributed by atoms with van der Waals surface area (Å²) < 4.78 is 22.8. The van der Waals surface area contributed by atoms with Crippen LogP contribution in [0.1, 0.15) is 64.7 Å². The standard InChI is InChI=1S/C14H27BrO2S/c1-2-3-4-5-6-7-8-9-14(15)13-10-11-18(16,17)12-13/h13-14H,2-12H2,1H3. The van der Waals surface area contributed by atoms with E-state index >= 15 is 0 Å². The molecule has 0 aromatic carbocycles. The van der Waals surface area contributed by atoms with Crippen LogP contribution in [-0.4, -0.2) is 24.8 Å². The monoisotopic (exact) mass is 338 g/mol. The molecule has 4 heteroatoms. The van der Waals surface area contributed by atoms with E-state index in [1.165, 1.54) is 44.9 Å². The molecule has 1 heterocycles. The van der Waals surface area contributed by atoms with Crippen molar-refractivity contribution in [2.24, 2.45) is 5.92 Å². The van der Waals surface area contributed by atoms with Gasteiger partial charge in [0.2, 0.25) is 0 Å². The lowest BCUT2D eigenvalue weighted by Gasteiger charge is -2.15. The van der Waals surface area contributed by atoms with Gasteiger partial charge in [-0.2, -0.15) is 0 Å². The van der Waals surface area contributed by atoms with E-state index in [9.17, 15) is 8.42 Å². The van der Waals surface area contributed by atoms with Gasteiger partial charge in [-0.1, -0.05) is 67.8 Å². The van der Waals surface area contributed by atoms with Crippen LogP contribution < -0.4 is 0 Å². The summed E-state index contributed by atoms with van der Waals surface area (Å²) in [4.78, 5) is 0.408. The lowest BCUT2D eigenvalue weighted by molar-refractivity contribution is 0.505. The number of hydrogen-bond donors (Lipinski definition) is 0. The van der Waals surface area contributed by atoms with Crippen molar-refractivity contribution in [3.8, 4) is 0 Å². The Bertz CT molecular complexity index is 314. The Hall–Kier alpha value is 0.430. The zero-order valence-corrected chi connectivity index (χ0v) is 13.9. The van der Waals surface area contributed by atoms with Gasteiger partial charge < -0.3 is 0 Å². The van der Waals surface area contributed by atoms with Crippen LogP contribution in [0.3, 0.4) is 0 Å². The summed E-state index contributed by atoms with van der Waals surface area (Å²) in [6.45, 7) is 2.24. The number of sulfone groups is 1. The highest BCUT2D eigenvalue weighted by Crippen LogP contribution is 2.29. The van der Waals surface area contributed by atoms with Crippen LogP contribution in [0, 0.1) is 5.92 Å². The molecular weight excluding hydrogens is 312 g/mol. The summed E-state index contributed by atoms with van der Waals surface area (Å²) >= 11 is 3.69. The summed E-state index contributed by atoms with van der Waals surface area (Å²) in [5.41, 5.74) is 0. The van der Waals surface area contributed by atoms with E-state index in [1.54, 1.807) is 0 Å². The molecule has 0 saturated carbocycles. The molecule has 108 valence electrons. The molecule has 1 rings (SSSR count). The summed E-state index contributed by atoms with van der Waals surface area (Å²) in [5.74, 6) is 1.16. The summed E-state index contributed by atoms with van der Waals surface area (Å²) in [7, 11) is -2.72. The summed E-state index contributed by atoms with van der Waals surface area (Å²) in [5, 5.41) is 0. The van der Waals surface area contributed by atoms with E-state index in [0.29, 0.717) is 22.3 Å². The number of hydrogen-bond acceptors (Lipinski definition) is 2. The number of unbranched alkanes of at least 4 members (excludes halogenated alkanes) is 6. The first-order chi connectivity index (χ1) is 8.55. The number of halogens is 1. The fraction of sp³-hybridized carbons (Fsp3) is 1.00. The van der Waals surface area contributed by atoms with Gasteiger partial charge in [-0.15, -0.1) is 0 Å². The highest BCUT2D eigenvalue weighted by molar-refractivity contribution is 9.09. The Balaban J connectivity index is 2.02. The highest BCUT2D eigenvalue weighted by Gasteiger charge is 2.31. The van der Waals surface area contributed by atoms with E-state index in [4.69, 9.17) is 0 Å². The van der Waals surface area contributed by atoms with E-state index in [1.807, 2.05) is 0 Å². The van der Waals surface area contributed by atoms with Crippen molar-refractivity contribution in [3.05, 3.63) is 0 Å². The second-order valence-electron chi connectivity index (χ2n) is 5.59. The molecular formula is C14H27BrO2S. The Kier molecular flexibility index (Phi) is 7.85. The molecule has 0 N–H and O–H groups in total. The molecule has 0 bridgehead atoms. The second kappa shape index (κ2) is 8.57. The van der Waals surface area contributed by atoms with Gasteiger partial charge >= 0.3 is 0 Å².